The fraction of sp³-hybridized carbons (Fsp3) is 0.361. The first-order valence-electron chi connectivity index (χ1n) is 26.8. The number of alkyl halides is 2. The predicted molar refractivity (Wildman–Crippen MR) is 295 cm³/mol. The number of halogens is 2. The molecule has 3 amide bonds. The molecule has 4 aliphatic rings. The highest BCUT2D eigenvalue weighted by molar-refractivity contribution is 5.93. The molecule has 15 nitrogen and oxygen atoms in total. The SMILES string of the molecule is COC(=O)NC(CN1C[C@H](F)C[C@H]1c1ncc(-c2ccc3c(c2)O[C@@H](c2ccc(C4=CC[C@H](c5ccccc5)C=C4)cc2)n2c-3cc3cc(-c4cnc([C@@H]5C[C@@H](F)CN5C(=O)[C@@H](NC(=O)OC)C(C)C)[nH]4)ccc32)[nH]1)C(C)C. The standard InChI is InChI=1S/C61H65F2N9O6/c1-34(2)49(68-60(74)76-5)33-70-31-44(62)27-52(70)56-64-30-48(66-56)42-20-22-46-51-25-43-24-41(47-29-65-57(67-47)53-28-45(63)32-71(53)58(73)55(35(3)4)69-61(75)77-6)21-23-50(43)72(51)59(78-54(46)26-42)40-18-16-39(17-19-40)38-14-12-37(13-15-38)36-10-8-7-9-11-36/h7-12,14-26,29-30,34-35,37,44-45,49,52-53,55,59H,13,27-28,31-33H2,1-6H3,(H,64,66)(H,65,67)(H,68,74)(H,69,75)/t37-,44-,45-,49?,52+,53+,55+,59+/m1/s1. The van der Waals surface area contributed by atoms with E-state index < -0.39 is 48.7 Å². The van der Waals surface area contributed by atoms with Crippen molar-refractivity contribution in [3.8, 4) is 39.5 Å². The lowest BCUT2D eigenvalue weighted by Gasteiger charge is -2.31. The second-order valence-corrected chi connectivity index (χ2v) is 21.6. The number of likely N-dealkylation sites (tertiary alicyclic amines) is 2. The van der Waals surface area contributed by atoms with Crippen molar-refractivity contribution in [2.24, 2.45) is 11.8 Å². The number of nitrogens with one attached hydrogen (secondary N) is 4. The normalized spacial score (nSPS) is 21.7. The Bertz CT molecular complexity index is 3400. The number of ether oxygens (including phenoxy) is 3. The summed E-state index contributed by atoms with van der Waals surface area (Å²) in [6, 6.07) is 31.5. The number of amides is 3. The first-order valence-corrected chi connectivity index (χ1v) is 26.8. The molecule has 7 aromatic rings. The minimum atomic E-state index is -1.26. The van der Waals surface area contributed by atoms with Crippen LogP contribution < -0.4 is 15.4 Å². The molecule has 2 fully saturated rings. The molecule has 17 heteroatoms. The van der Waals surface area contributed by atoms with E-state index in [9.17, 15) is 14.4 Å². The Kier molecular flexibility index (Phi) is 14.5. The molecule has 0 saturated carbocycles. The van der Waals surface area contributed by atoms with Crippen LogP contribution in [0.4, 0.5) is 18.4 Å². The Morgan fingerprint density at radius 2 is 1.40 bits per heavy atom. The molecule has 2 saturated heterocycles. The fourth-order valence-electron chi connectivity index (χ4n) is 11.6. The van der Waals surface area contributed by atoms with Crippen molar-refractivity contribution in [2.45, 2.75) is 95.6 Å². The van der Waals surface area contributed by atoms with Crippen LogP contribution in [0.2, 0.25) is 0 Å². The lowest BCUT2D eigenvalue weighted by molar-refractivity contribution is -0.135. The summed E-state index contributed by atoms with van der Waals surface area (Å²) in [6.07, 6.45) is 7.42. The van der Waals surface area contributed by atoms with Gasteiger partial charge in [-0.05, 0) is 65.3 Å². The van der Waals surface area contributed by atoms with Gasteiger partial charge in [0.05, 0.1) is 67.8 Å². The van der Waals surface area contributed by atoms with Gasteiger partial charge >= 0.3 is 12.2 Å². The minimum absolute atomic E-state index is 0.0657. The molecule has 0 bridgehead atoms. The number of fused-ring (bicyclic) bond motifs is 5. The van der Waals surface area contributed by atoms with Crippen molar-refractivity contribution in [1.82, 2.24) is 44.9 Å². The van der Waals surface area contributed by atoms with Crippen molar-refractivity contribution in [2.75, 3.05) is 33.9 Å². The van der Waals surface area contributed by atoms with E-state index in [0.29, 0.717) is 35.6 Å². The third-order valence-corrected chi connectivity index (χ3v) is 15.9. The van der Waals surface area contributed by atoms with Crippen LogP contribution in [0.15, 0.2) is 128 Å². The van der Waals surface area contributed by atoms with Gasteiger partial charge in [0.25, 0.3) is 0 Å². The van der Waals surface area contributed by atoms with Gasteiger partial charge in [-0.15, -0.1) is 0 Å². The summed E-state index contributed by atoms with van der Waals surface area (Å²) < 4.78 is 49.4. The number of alkyl carbamates (subject to hydrolysis) is 2. The summed E-state index contributed by atoms with van der Waals surface area (Å²) in [5, 5.41) is 6.50. The van der Waals surface area contributed by atoms with Crippen LogP contribution in [0, 0.1) is 11.8 Å². The molecule has 6 heterocycles. The van der Waals surface area contributed by atoms with Gasteiger partial charge in [-0.25, -0.2) is 28.3 Å². The fourth-order valence-corrected chi connectivity index (χ4v) is 11.6. The number of aromatic nitrogens is 5. The summed E-state index contributed by atoms with van der Waals surface area (Å²) in [5.41, 5.74) is 10.5. The molecule has 8 atom stereocenters. The number of aromatic amines is 2. The van der Waals surface area contributed by atoms with E-state index in [1.165, 1.54) is 30.3 Å². The molecule has 4 aromatic carbocycles. The number of hydrogen-bond donors (Lipinski definition) is 4. The molecule has 3 aliphatic heterocycles. The van der Waals surface area contributed by atoms with E-state index in [-0.39, 0.29) is 49.9 Å². The van der Waals surface area contributed by atoms with Gasteiger partial charge < -0.3 is 44.3 Å². The monoisotopic (exact) mass is 1060 g/mol. The third kappa shape index (κ3) is 10.3. The highest BCUT2D eigenvalue weighted by Gasteiger charge is 2.42. The Balaban J connectivity index is 0.909. The molecular formula is C61H65F2N9O6. The second kappa shape index (κ2) is 21.8. The number of methoxy groups -OCH3 is 2. The van der Waals surface area contributed by atoms with Gasteiger partial charge in [-0.2, -0.15) is 0 Å². The van der Waals surface area contributed by atoms with Crippen LogP contribution in [0.25, 0.3) is 50.2 Å². The van der Waals surface area contributed by atoms with Crippen LogP contribution in [0.1, 0.15) is 99.5 Å². The molecule has 0 radical (unpaired) electrons. The number of H-pyrrole nitrogens is 2. The highest BCUT2D eigenvalue weighted by Crippen LogP contribution is 2.47. The number of rotatable bonds is 14. The van der Waals surface area contributed by atoms with Crippen LogP contribution in [0.3, 0.4) is 0 Å². The molecule has 1 aliphatic carbocycles. The first kappa shape index (κ1) is 52.0. The van der Waals surface area contributed by atoms with Crippen molar-refractivity contribution < 1.29 is 37.4 Å². The van der Waals surface area contributed by atoms with Crippen molar-refractivity contribution in [3.63, 3.8) is 0 Å². The Morgan fingerprint density at radius 1 is 0.744 bits per heavy atom. The smallest absolute Gasteiger partial charge is 0.407 e. The average molecular weight is 1060 g/mol. The number of imidazole rings is 2. The molecule has 0 spiro atoms. The maximum Gasteiger partial charge on any atom is 0.407 e. The van der Waals surface area contributed by atoms with E-state index in [2.05, 4.69) is 116 Å². The predicted octanol–water partition coefficient (Wildman–Crippen LogP) is 11.6. The Morgan fingerprint density at radius 3 is 2.08 bits per heavy atom. The van der Waals surface area contributed by atoms with Crippen LogP contribution in [-0.2, 0) is 14.3 Å². The first-order chi connectivity index (χ1) is 37.7. The summed E-state index contributed by atoms with van der Waals surface area (Å²) in [4.78, 5) is 58.2. The number of carbonyl (C=O) groups excluding carboxylic acids is 3. The number of hydrogen-bond acceptors (Lipinski definition) is 9. The molecule has 1 unspecified atom stereocenters. The lowest BCUT2D eigenvalue weighted by atomic mass is 9.88. The van der Waals surface area contributed by atoms with E-state index in [0.717, 1.165) is 56.5 Å². The van der Waals surface area contributed by atoms with Gasteiger partial charge in [0.15, 0.2) is 0 Å². The van der Waals surface area contributed by atoms with Crippen molar-refractivity contribution >= 4 is 34.6 Å². The Labute approximate surface area is 452 Å². The lowest BCUT2D eigenvalue weighted by Crippen LogP contribution is -2.51. The largest absolute Gasteiger partial charge is 0.465 e. The zero-order chi connectivity index (χ0) is 54.4. The van der Waals surface area contributed by atoms with Gasteiger partial charge in [0, 0.05) is 65.5 Å². The molecule has 11 rings (SSSR count). The summed E-state index contributed by atoms with van der Waals surface area (Å²) >= 11 is 0. The number of allylic oxidation sites excluding steroid dienone is 4. The summed E-state index contributed by atoms with van der Waals surface area (Å²) in [5.74, 6) is 1.53. The second-order valence-electron chi connectivity index (χ2n) is 21.6. The quantitative estimate of drug-likeness (QED) is 0.0827. The zero-order valence-corrected chi connectivity index (χ0v) is 44.6. The van der Waals surface area contributed by atoms with Gasteiger partial charge in [0.2, 0.25) is 12.1 Å². The number of nitrogens with zero attached hydrogens (tertiary/aromatic N) is 5. The molecular weight excluding hydrogens is 993 g/mol. The van der Waals surface area contributed by atoms with E-state index in [1.54, 1.807) is 12.4 Å². The minimum Gasteiger partial charge on any atom is -0.465 e. The topological polar surface area (TPSA) is 172 Å². The van der Waals surface area contributed by atoms with Crippen molar-refractivity contribution in [1.29, 1.82) is 0 Å². The van der Waals surface area contributed by atoms with Crippen LogP contribution in [0.5, 0.6) is 5.75 Å². The average Bonchev–Trinajstić information content (AvgIpc) is 4.45. The maximum atomic E-state index is 15.2. The molecule has 4 N–H and O–H groups in total. The maximum absolute atomic E-state index is 15.2. The van der Waals surface area contributed by atoms with E-state index in [4.69, 9.17) is 24.2 Å². The van der Waals surface area contributed by atoms with Crippen LogP contribution in [-0.4, -0.2) is 111 Å². The summed E-state index contributed by atoms with van der Waals surface area (Å²) in [6.45, 7) is 8.21. The van der Waals surface area contributed by atoms with E-state index in [1.807, 2.05) is 56.9 Å². The molecule has 3 aromatic heterocycles. The number of benzene rings is 4. The third-order valence-electron chi connectivity index (χ3n) is 15.9. The zero-order valence-electron chi connectivity index (χ0n) is 44.6. The van der Waals surface area contributed by atoms with Gasteiger partial charge in [-0.1, -0.05) is 113 Å². The Hall–Kier alpha value is -8.05. The van der Waals surface area contributed by atoms with Gasteiger partial charge in [-0.3, -0.25) is 9.69 Å². The molecule has 78 heavy (non-hydrogen) atoms. The van der Waals surface area contributed by atoms with Crippen LogP contribution >= 0.6 is 0 Å². The molecule has 404 valence electrons. The summed E-state index contributed by atoms with van der Waals surface area (Å²) in [7, 11) is 2.57. The van der Waals surface area contributed by atoms with Crippen molar-refractivity contribution in [3.05, 3.63) is 156 Å². The highest BCUT2D eigenvalue weighted by atomic mass is 19.1. The van der Waals surface area contributed by atoms with E-state index >= 15 is 8.78 Å². The number of carbonyl (C=O) groups is 3. The van der Waals surface area contributed by atoms with Gasteiger partial charge in [0.1, 0.15) is 35.8 Å².